The highest BCUT2D eigenvalue weighted by Crippen LogP contribution is 2.54. The van der Waals surface area contributed by atoms with Crippen LogP contribution in [0.25, 0.3) is 0 Å². The number of benzene rings is 1. The summed E-state index contributed by atoms with van der Waals surface area (Å²) < 4.78 is 13.5. The van der Waals surface area contributed by atoms with Crippen LogP contribution < -0.4 is 5.32 Å². The van der Waals surface area contributed by atoms with E-state index in [-0.39, 0.29) is 17.8 Å². The van der Waals surface area contributed by atoms with Crippen molar-refractivity contribution >= 4 is 5.69 Å². The van der Waals surface area contributed by atoms with E-state index in [4.69, 9.17) is 0 Å². The van der Waals surface area contributed by atoms with Crippen molar-refractivity contribution in [3.8, 4) is 0 Å². The van der Waals surface area contributed by atoms with Gasteiger partial charge in [-0.2, -0.15) is 0 Å². The Kier molecular flexibility index (Phi) is 2.66. The molecule has 0 spiro atoms. The van der Waals surface area contributed by atoms with Crippen molar-refractivity contribution in [3.05, 3.63) is 30.1 Å². The molecule has 0 bridgehead atoms. The van der Waals surface area contributed by atoms with E-state index in [0.29, 0.717) is 5.69 Å². The van der Waals surface area contributed by atoms with Gasteiger partial charge in [-0.25, -0.2) is 4.39 Å². The molecule has 0 heterocycles. The number of anilines is 1. The van der Waals surface area contributed by atoms with Gasteiger partial charge < -0.3 is 10.4 Å². The van der Waals surface area contributed by atoms with Gasteiger partial charge in [0.05, 0.1) is 17.8 Å². The number of halogens is 1. The van der Waals surface area contributed by atoms with E-state index < -0.39 is 5.54 Å². The van der Waals surface area contributed by atoms with Crippen molar-refractivity contribution in [1.29, 1.82) is 0 Å². The molecule has 1 fully saturated rings. The Morgan fingerprint density at radius 1 is 1.44 bits per heavy atom. The van der Waals surface area contributed by atoms with Crippen LogP contribution in [-0.4, -0.2) is 17.3 Å². The normalized spacial score (nSPS) is 21.2. The van der Waals surface area contributed by atoms with Gasteiger partial charge in [-0.15, -0.1) is 0 Å². The molecule has 0 radical (unpaired) electrons. The third-order valence-corrected chi connectivity index (χ3v) is 3.93. The summed E-state index contributed by atoms with van der Waals surface area (Å²) in [6, 6.07) is 6.58. The van der Waals surface area contributed by atoms with E-state index in [1.807, 2.05) is 6.92 Å². The highest BCUT2D eigenvalue weighted by Gasteiger charge is 2.52. The van der Waals surface area contributed by atoms with E-state index in [9.17, 15) is 9.50 Å². The topological polar surface area (TPSA) is 32.3 Å². The van der Waals surface area contributed by atoms with E-state index in [2.05, 4.69) is 12.2 Å². The summed E-state index contributed by atoms with van der Waals surface area (Å²) >= 11 is 0. The van der Waals surface area contributed by atoms with Crippen LogP contribution in [0.4, 0.5) is 10.1 Å². The molecule has 1 saturated carbocycles. The molecule has 0 aromatic heterocycles. The molecule has 1 aliphatic carbocycles. The van der Waals surface area contributed by atoms with Gasteiger partial charge in [-0.1, -0.05) is 19.1 Å². The van der Waals surface area contributed by atoms with Crippen LogP contribution >= 0.6 is 0 Å². The van der Waals surface area contributed by atoms with Crippen molar-refractivity contribution in [3.63, 3.8) is 0 Å². The number of nitrogens with one attached hydrogen (secondary N) is 1. The maximum absolute atomic E-state index is 13.5. The van der Waals surface area contributed by atoms with E-state index in [1.165, 1.54) is 6.07 Å². The summed E-state index contributed by atoms with van der Waals surface area (Å²) in [5.74, 6) is -0.272. The monoisotopic (exact) mass is 223 g/mol. The molecular formula is C13H18FNO. The summed E-state index contributed by atoms with van der Waals surface area (Å²) in [6.45, 7) is 4.08. The van der Waals surface area contributed by atoms with Gasteiger partial charge in [0.15, 0.2) is 0 Å². The first-order chi connectivity index (χ1) is 7.51. The molecule has 0 aliphatic heterocycles. The van der Waals surface area contributed by atoms with Crippen LogP contribution in [0.5, 0.6) is 0 Å². The Morgan fingerprint density at radius 3 is 2.56 bits per heavy atom. The minimum Gasteiger partial charge on any atom is -0.394 e. The molecule has 88 valence electrons. The standard InChI is InChI=1S/C13H18FNO/c1-12(7-8-12)13(2,9-16)15-11-6-4-3-5-10(11)14/h3-6,15-16H,7-9H2,1-2H3. The molecule has 0 amide bonds. The van der Waals surface area contributed by atoms with Crippen LogP contribution in [-0.2, 0) is 0 Å². The number of hydrogen-bond donors (Lipinski definition) is 2. The zero-order valence-electron chi connectivity index (χ0n) is 9.76. The van der Waals surface area contributed by atoms with Crippen LogP contribution in [0, 0.1) is 11.2 Å². The Balaban J connectivity index is 2.22. The van der Waals surface area contributed by atoms with Crippen molar-refractivity contribution < 1.29 is 9.50 Å². The molecule has 2 N–H and O–H groups in total. The highest BCUT2D eigenvalue weighted by atomic mass is 19.1. The van der Waals surface area contributed by atoms with Crippen molar-refractivity contribution in [2.75, 3.05) is 11.9 Å². The van der Waals surface area contributed by atoms with Crippen LogP contribution in [0.15, 0.2) is 24.3 Å². The van der Waals surface area contributed by atoms with Gasteiger partial charge in [-0.05, 0) is 37.3 Å². The Hall–Kier alpha value is -1.09. The molecular weight excluding hydrogens is 205 g/mol. The average Bonchev–Trinajstić information content (AvgIpc) is 3.01. The van der Waals surface area contributed by atoms with Crippen molar-refractivity contribution in [1.82, 2.24) is 0 Å². The maximum atomic E-state index is 13.5. The molecule has 1 aliphatic rings. The Morgan fingerprint density at radius 2 is 2.06 bits per heavy atom. The fraction of sp³-hybridized carbons (Fsp3) is 0.538. The van der Waals surface area contributed by atoms with Crippen LogP contribution in [0.1, 0.15) is 26.7 Å². The summed E-state index contributed by atoms with van der Waals surface area (Å²) in [6.07, 6.45) is 2.15. The lowest BCUT2D eigenvalue weighted by atomic mass is 9.84. The maximum Gasteiger partial charge on any atom is 0.146 e. The first kappa shape index (κ1) is 11.4. The quantitative estimate of drug-likeness (QED) is 0.822. The molecule has 1 unspecified atom stereocenters. The van der Waals surface area contributed by atoms with Gasteiger partial charge in [-0.3, -0.25) is 0 Å². The largest absolute Gasteiger partial charge is 0.394 e. The smallest absolute Gasteiger partial charge is 0.146 e. The van der Waals surface area contributed by atoms with Crippen molar-refractivity contribution in [2.45, 2.75) is 32.2 Å². The van der Waals surface area contributed by atoms with E-state index in [0.717, 1.165) is 12.8 Å². The van der Waals surface area contributed by atoms with E-state index in [1.54, 1.807) is 18.2 Å². The van der Waals surface area contributed by atoms with Crippen LogP contribution in [0.3, 0.4) is 0 Å². The average molecular weight is 223 g/mol. The highest BCUT2D eigenvalue weighted by molar-refractivity contribution is 5.48. The number of hydrogen-bond acceptors (Lipinski definition) is 2. The number of para-hydroxylation sites is 1. The SMILES string of the molecule is CC1(C(C)(CO)Nc2ccccc2F)CC1. The summed E-state index contributed by atoms with van der Waals surface area (Å²) in [4.78, 5) is 0. The number of aliphatic hydroxyl groups is 1. The third kappa shape index (κ3) is 1.80. The molecule has 2 nitrogen and oxygen atoms in total. The molecule has 1 aromatic rings. The predicted molar refractivity (Wildman–Crippen MR) is 62.9 cm³/mol. The number of rotatable bonds is 4. The Bertz CT molecular complexity index is 389. The third-order valence-electron chi connectivity index (χ3n) is 3.93. The van der Waals surface area contributed by atoms with Gasteiger partial charge in [0.1, 0.15) is 5.82 Å². The second kappa shape index (κ2) is 3.74. The molecule has 2 rings (SSSR count). The predicted octanol–water partition coefficient (Wildman–Crippen LogP) is 2.79. The fourth-order valence-electron chi connectivity index (χ4n) is 1.98. The summed E-state index contributed by atoms with van der Waals surface area (Å²) in [5.41, 5.74) is 0.0892. The number of aliphatic hydroxyl groups excluding tert-OH is 1. The minimum absolute atomic E-state index is 0.0117. The lowest BCUT2D eigenvalue weighted by molar-refractivity contribution is 0.167. The van der Waals surface area contributed by atoms with Gasteiger partial charge in [0.2, 0.25) is 0 Å². The minimum atomic E-state index is -0.449. The van der Waals surface area contributed by atoms with E-state index >= 15 is 0 Å². The van der Waals surface area contributed by atoms with Gasteiger partial charge in [0.25, 0.3) is 0 Å². The van der Waals surface area contributed by atoms with Crippen molar-refractivity contribution in [2.24, 2.45) is 5.41 Å². The fourth-order valence-corrected chi connectivity index (χ4v) is 1.98. The van der Waals surface area contributed by atoms with Crippen LogP contribution in [0.2, 0.25) is 0 Å². The molecule has 1 atom stereocenters. The van der Waals surface area contributed by atoms with Gasteiger partial charge >= 0.3 is 0 Å². The second-order valence-electron chi connectivity index (χ2n) is 5.16. The Labute approximate surface area is 95.5 Å². The van der Waals surface area contributed by atoms with Gasteiger partial charge in [0, 0.05) is 0 Å². The summed E-state index contributed by atoms with van der Waals surface area (Å²) in [5, 5.41) is 12.7. The first-order valence-electron chi connectivity index (χ1n) is 5.64. The lowest BCUT2D eigenvalue weighted by Gasteiger charge is -2.36. The molecule has 3 heteroatoms. The summed E-state index contributed by atoms with van der Waals surface area (Å²) in [7, 11) is 0. The molecule has 16 heavy (non-hydrogen) atoms. The first-order valence-corrected chi connectivity index (χ1v) is 5.64. The molecule has 0 saturated heterocycles. The molecule has 1 aromatic carbocycles. The zero-order valence-corrected chi connectivity index (χ0v) is 9.76. The second-order valence-corrected chi connectivity index (χ2v) is 5.16. The zero-order chi connectivity index (χ0) is 11.8. The lowest BCUT2D eigenvalue weighted by Crippen LogP contribution is -2.46.